The van der Waals surface area contributed by atoms with Crippen LogP contribution in [-0.4, -0.2) is 36.7 Å². The normalized spacial score (nSPS) is 12.8. The fourth-order valence-corrected chi connectivity index (χ4v) is 3.18. The van der Waals surface area contributed by atoms with Gasteiger partial charge in [-0.05, 0) is 18.2 Å². The molecule has 0 radical (unpaired) electrons. The van der Waals surface area contributed by atoms with E-state index in [9.17, 15) is 30.4 Å². The molecule has 28 heavy (non-hydrogen) atoms. The Balaban J connectivity index is 2.54. The Hall–Kier alpha value is -2.50. The van der Waals surface area contributed by atoms with Gasteiger partial charge in [-0.3, -0.25) is 4.98 Å². The van der Waals surface area contributed by atoms with Crippen LogP contribution in [0, 0.1) is 0 Å². The molecular formula is C16H16F5N3O3S. The molecule has 0 atom stereocenters. The van der Waals surface area contributed by atoms with Crippen molar-refractivity contribution in [3.63, 3.8) is 0 Å². The van der Waals surface area contributed by atoms with Gasteiger partial charge in [0.1, 0.15) is 17.3 Å². The summed E-state index contributed by atoms with van der Waals surface area (Å²) in [6.45, 7) is 1.01. The average molecular weight is 425 g/mol. The molecule has 2 heterocycles. The fraction of sp³-hybridized carbons (Fsp3) is 0.375. The van der Waals surface area contributed by atoms with Gasteiger partial charge in [0.05, 0.1) is 28.1 Å². The summed E-state index contributed by atoms with van der Waals surface area (Å²) in [5.41, 5.74) is 3.50. The van der Waals surface area contributed by atoms with Gasteiger partial charge in [-0.1, -0.05) is 6.92 Å². The average Bonchev–Trinajstić information content (AvgIpc) is 2.58. The Labute approximate surface area is 157 Å². The lowest BCUT2D eigenvalue weighted by Crippen LogP contribution is -2.20. The molecule has 12 heteroatoms. The number of anilines is 1. The van der Waals surface area contributed by atoms with Gasteiger partial charge in [-0.2, -0.15) is 13.2 Å². The summed E-state index contributed by atoms with van der Waals surface area (Å²) in [6.07, 6.45) is -3.87. The predicted molar refractivity (Wildman–Crippen MR) is 90.7 cm³/mol. The molecule has 0 aromatic carbocycles. The minimum Gasteiger partial charge on any atom is -0.486 e. The van der Waals surface area contributed by atoms with E-state index in [1.807, 2.05) is 0 Å². The third-order valence-electron chi connectivity index (χ3n) is 3.51. The third kappa shape index (κ3) is 5.06. The van der Waals surface area contributed by atoms with Crippen molar-refractivity contribution in [2.75, 3.05) is 18.1 Å². The van der Waals surface area contributed by atoms with Crippen molar-refractivity contribution in [2.24, 2.45) is 0 Å². The maximum atomic E-state index is 13.1. The summed E-state index contributed by atoms with van der Waals surface area (Å²) in [7, 11) is -4.10. The highest BCUT2D eigenvalue weighted by molar-refractivity contribution is 7.91. The first-order chi connectivity index (χ1) is 12.7. The lowest BCUT2D eigenvalue weighted by molar-refractivity contribution is -0.137. The SMILES string of the molecule is CCS(=O)(=O)c1cc(C(F)(F)F)c(N)nc1-c1ccc(OCC(C)(F)F)cn1. The van der Waals surface area contributed by atoms with Gasteiger partial charge in [0.2, 0.25) is 0 Å². The number of rotatable bonds is 6. The largest absolute Gasteiger partial charge is 0.486 e. The van der Waals surface area contributed by atoms with Crippen molar-refractivity contribution in [3.05, 3.63) is 30.0 Å². The molecule has 0 aliphatic carbocycles. The summed E-state index contributed by atoms with van der Waals surface area (Å²) in [5.74, 6) is -4.50. The molecule has 0 amide bonds. The number of hydrogen-bond acceptors (Lipinski definition) is 6. The van der Waals surface area contributed by atoms with Crippen LogP contribution in [0.25, 0.3) is 11.4 Å². The molecular weight excluding hydrogens is 409 g/mol. The molecule has 2 rings (SSSR count). The molecule has 0 spiro atoms. The van der Waals surface area contributed by atoms with Gasteiger partial charge < -0.3 is 10.5 Å². The highest BCUT2D eigenvalue weighted by atomic mass is 32.2. The van der Waals surface area contributed by atoms with E-state index in [2.05, 4.69) is 9.97 Å². The van der Waals surface area contributed by atoms with Gasteiger partial charge in [-0.15, -0.1) is 0 Å². The second-order valence-electron chi connectivity index (χ2n) is 5.91. The third-order valence-corrected chi connectivity index (χ3v) is 5.25. The molecule has 2 N–H and O–H groups in total. The highest BCUT2D eigenvalue weighted by Crippen LogP contribution is 2.37. The van der Waals surface area contributed by atoms with E-state index >= 15 is 0 Å². The fourth-order valence-electron chi connectivity index (χ4n) is 2.13. The van der Waals surface area contributed by atoms with Crippen LogP contribution in [0.15, 0.2) is 29.3 Å². The van der Waals surface area contributed by atoms with Crippen LogP contribution in [-0.2, 0) is 16.0 Å². The van der Waals surface area contributed by atoms with Crippen LogP contribution in [0.1, 0.15) is 19.4 Å². The summed E-state index contributed by atoms with van der Waals surface area (Å²) in [6, 6.07) is 2.82. The molecule has 0 bridgehead atoms. The number of nitrogens with two attached hydrogens (primary N) is 1. The molecule has 154 valence electrons. The number of pyridine rings is 2. The second kappa shape index (κ2) is 7.49. The molecule has 0 aliphatic heterocycles. The van der Waals surface area contributed by atoms with E-state index in [4.69, 9.17) is 10.5 Å². The number of hydrogen-bond donors (Lipinski definition) is 1. The monoisotopic (exact) mass is 425 g/mol. The quantitative estimate of drug-likeness (QED) is 0.711. The number of ether oxygens (including phenoxy) is 1. The summed E-state index contributed by atoms with van der Waals surface area (Å²) >= 11 is 0. The second-order valence-corrected chi connectivity index (χ2v) is 8.15. The minimum atomic E-state index is -4.90. The zero-order valence-corrected chi connectivity index (χ0v) is 15.5. The standard InChI is InChI=1S/C16H16F5N3O3S/c1-3-28(25,26)12-6-10(16(19,20)21)14(22)24-13(12)11-5-4-9(7-23-11)27-8-15(2,17)18/h4-7H,3,8H2,1-2H3,(H2,22,24). The smallest absolute Gasteiger partial charge is 0.419 e. The summed E-state index contributed by atoms with van der Waals surface area (Å²) < 4.78 is 94.3. The van der Waals surface area contributed by atoms with Gasteiger partial charge in [0.15, 0.2) is 16.4 Å². The molecule has 2 aromatic heterocycles. The molecule has 6 nitrogen and oxygen atoms in total. The van der Waals surface area contributed by atoms with Crippen molar-refractivity contribution in [2.45, 2.75) is 30.8 Å². The molecule has 0 saturated heterocycles. The van der Waals surface area contributed by atoms with Gasteiger partial charge in [0, 0.05) is 6.92 Å². The Kier molecular flexibility index (Phi) is 5.83. The topological polar surface area (TPSA) is 95.2 Å². The summed E-state index contributed by atoms with van der Waals surface area (Å²) in [5, 5.41) is 0. The number of aromatic nitrogens is 2. The first-order valence-corrected chi connectivity index (χ1v) is 9.47. The molecule has 0 aliphatic rings. The molecule has 0 saturated carbocycles. The van der Waals surface area contributed by atoms with Crippen molar-refractivity contribution < 1.29 is 35.1 Å². The number of alkyl halides is 5. The number of nitrogens with zero attached hydrogens (tertiary/aromatic N) is 2. The maximum Gasteiger partial charge on any atom is 0.419 e. The lowest BCUT2D eigenvalue weighted by atomic mass is 10.2. The first-order valence-electron chi connectivity index (χ1n) is 7.82. The minimum absolute atomic E-state index is 0.0370. The van der Waals surface area contributed by atoms with E-state index < -0.39 is 50.6 Å². The number of sulfone groups is 1. The zero-order chi connectivity index (χ0) is 21.3. The molecule has 0 fully saturated rings. The predicted octanol–water partition coefficient (Wildman–Crippen LogP) is 3.57. The van der Waals surface area contributed by atoms with Crippen LogP contribution in [0.3, 0.4) is 0 Å². The van der Waals surface area contributed by atoms with E-state index in [-0.39, 0.29) is 17.1 Å². The Morgan fingerprint density at radius 1 is 1.18 bits per heavy atom. The van der Waals surface area contributed by atoms with Crippen LogP contribution >= 0.6 is 0 Å². The zero-order valence-electron chi connectivity index (χ0n) is 14.7. The van der Waals surface area contributed by atoms with Crippen molar-refractivity contribution in [1.29, 1.82) is 0 Å². The van der Waals surface area contributed by atoms with E-state index in [0.717, 1.165) is 6.20 Å². The van der Waals surface area contributed by atoms with Crippen LogP contribution < -0.4 is 10.5 Å². The van der Waals surface area contributed by atoms with Crippen molar-refractivity contribution in [1.82, 2.24) is 9.97 Å². The van der Waals surface area contributed by atoms with Crippen LogP contribution in [0.4, 0.5) is 27.8 Å². The number of halogens is 5. The number of nitrogen functional groups attached to an aromatic ring is 1. The molecule has 2 aromatic rings. The lowest BCUT2D eigenvalue weighted by Gasteiger charge is -2.15. The highest BCUT2D eigenvalue weighted by Gasteiger charge is 2.36. The Morgan fingerprint density at radius 2 is 1.82 bits per heavy atom. The summed E-state index contributed by atoms with van der Waals surface area (Å²) in [4.78, 5) is 6.77. The van der Waals surface area contributed by atoms with Gasteiger partial charge >= 0.3 is 6.18 Å². The van der Waals surface area contributed by atoms with Crippen LogP contribution in [0.5, 0.6) is 5.75 Å². The van der Waals surface area contributed by atoms with E-state index in [0.29, 0.717) is 13.0 Å². The van der Waals surface area contributed by atoms with Gasteiger partial charge in [0.25, 0.3) is 5.92 Å². The van der Waals surface area contributed by atoms with Crippen molar-refractivity contribution in [3.8, 4) is 17.1 Å². The maximum absolute atomic E-state index is 13.1. The first kappa shape index (κ1) is 21.8. The van der Waals surface area contributed by atoms with E-state index in [1.54, 1.807) is 0 Å². The van der Waals surface area contributed by atoms with Crippen LogP contribution in [0.2, 0.25) is 0 Å². The van der Waals surface area contributed by atoms with Gasteiger partial charge in [-0.25, -0.2) is 22.2 Å². The Bertz CT molecular complexity index is 955. The van der Waals surface area contributed by atoms with E-state index in [1.165, 1.54) is 19.1 Å². The Morgan fingerprint density at radius 3 is 2.29 bits per heavy atom. The van der Waals surface area contributed by atoms with Crippen molar-refractivity contribution >= 4 is 15.7 Å². The molecule has 0 unspecified atom stereocenters.